The molecule has 0 atom stereocenters. The second kappa shape index (κ2) is 5.94. The predicted molar refractivity (Wildman–Crippen MR) is 73.4 cm³/mol. The van der Waals surface area contributed by atoms with E-state index < -0.39 is 0 Å². The lowest BCUT2D eigenvalue weighted by atomic mass is 10.1. The molecule has 0 aliphatic carbocycles. The van der Waals surface area contributed by atoms with Gasteiger partial charge in [0.1, 0.15) is 0 Å². The number of hydrogen-bond acceptors (Lipinski definition) is 3. The normalized spacial score (nSPS) is 14.9. The molecule has 0 radical (unpaired) electrons. The third-order valence-corrected chi connectivity index (χ3v) is 3.50. The third-order valence-electron chi connectivity index (χ3n) is 2.61. The minimum atomic E-state index is 0.946. The van der Waals surface area contributed by atoms with Gasteiger partial charge in [-0.05, 0) is 30.5 Å². The van der Waals surface area contributed by atoms with Crippen molar-refractivity contribution in [3.05, 3.63) is 29.8 Å². The van der Waals surface area contributed by atoms with Gasteiger partial charge in [0.15, 0.2) is 5.17 Å². The summed E-state index contributed by atoms with van der Waals surface area (Å²) in [6.07, 6.45) is 3.72. The fraction of sp³-hybridized carbons (Fsp3) is 0.462. The number of nitrogens with one attached hydrogen (secondary N) is 1. The number of aryl methyl sites for hydroxylation is 1. The first-order valence-corrected chi connectivity index (χ1v) is 6.90. The van der Waals surface area contributed by atoms with Gasteiger partial charge in [0, 0.05) is 11.4 Å². The number of aliphatic imine (C=N–C) groups is 1. The molecule has 0 spiro atoms. The fourth-order valence-corrected chi connectivity index (χ4v) is 2.42. The van der Waals surface area contributed by atoms with Crippen LogP contribution in [0.15, 0.2) is 29.3 Å². The van der Waals surface area contributed by atoms with E-state index in [9.17, 15) is 0 Å². The molecule has 0 unspecified atom stereocenters. The largest absolute Gasteiger partial charge is 0.335 e. The van der Waals surface area contributed by atoms with Gasteiger partial charge in [-0.3, -0.25) is 4.99 Å². The average molecular weight is 234 g/mol. The second-order valence-electron chi connectivity index (χ2n) is 3.96. The van der Waals surface area contributed by atoms with Crippen LogP contribution in [0, 0.1) is 0 Å². The SMILES string of the molecule is CCCCc1ccc(NC2=NCCS2)cc1. The summed E-state index contributed by atoms with van der Waals surface area (Å²) in [5, 5.41) is 4.39. The van der Waals surface area contributed by atoms with E-state index in [-0.39, 0.29) is 0 Å². The summed E-state index contributed by atoms with van der Waals surface area (Å²) in [7, 11) is 0. The third kappa shape index (κ3) is 3.27. The highest BCUT2D eigenvalue weighted by atomic mass is 32.2. The van der Waals surface area contributed by atoms with E-state index in [0.29, 0.717) is 0 Å². The van der Waals surface area contributed by atoms with Crippen LogP contribution in [0.5, 0.6) is 0 Å². The molecule has 1 heterocycles. The van der Waals surface area contributed by atoms with Gasteiger partial charge in [-0.15, -0.1) is 0 Å². The lowest BCUT2D eigenvalue weighted by Crippen LogP contribution is -2.04. The van der Waals surface area contributed by atoms with Crippen LogP contribution in [0.2, 0.25) is 0 Å². The zero-order valence-corrected chi connectivity index (χ0v) is 10.5. The van der Waals surface area contributed by atoms with Crippen molar-refractivity contribution in [2.45, 2.75) is 26.2 Å². The topological polar surface area (TPSA) is 24.4 Å². The van der Waals surface area contributed by atoms with Crippen LogP contribution in [0.1, 0.15) is 25.3 Å². The first-order chi connectivity index (χ1) is 7.88. The van der Waals surface area contributed by atoms with Gasteiger partial charge in [0.2, 0.25) is 0 Å². The quantitative estimate of drug-likeness (QED) is 0.861. The van der Waals surface area contributed by atoms with Gasteiger partial charge in [-0.25, -0.2) is 0 Å². The van der Waals surface area contributed by atoms with Crippen molar-refractivity contribution in [2.24, 2.45) is 4.99 Å². The van der Waals surface area contributed by atoms with Crippen molar-refractivity contribution in [3.8, 4) is 0 Å². The Morgan fingerprint density at radius 1 is 1.31 bits per heavy atom. The lowest BCUT2D eigenvalue weighted by molar-refractivity contribution is 0.795. The molecule has 16 heavy (non-hydrogen) atoms. The van der Waals surface area contributed by atoms with Gasteiger partial charge in [0.05, 0.1) is 6.54 Å². The van der Waals surface area contributed by atoms with E-state index in [1.807, 2.05) is 0 Å². The maximum atomic E-state index is 4.37. The predicted octanol–water partition coefficient (Wildman–Crippen LogP) is 3.54. The Hall–Kier alpha value is -0.960. The minimum Gasteiger partial charge on any atom is -0.335 e. The highest BCUT2D eigenvalue weighted by Crippen LogP contribution is 2.17. The lowest BCUT2D eigenvalue weighted by Gasteiger charge is -2.06. The Balaban J connectivity index is 1.91. The highest BCUT2D eigenvalue weighted by Gasteiger charge is 2.06. The van der Waals surface area contributed by atoms with E-state index >= 15 is 0 Å². The first-order valence-electron chi connectivity index (χ1n) is 5.91. The molecular weight excluding hydrogens is 216 g/mol. The minimum absolute atomic E-state index is 0.946. The smallest absolute Gasteiger partial charge is 0.161 e. The van der Waals surface area contributed by atoms with Gasteiger partial charge < -0.3 is 5.32 Å². The van der Waals surface area contributed by atoms with Gasteiger partial charge >= 0.3 is 0 Å². The van der Waals surface area contributed by atoms with Crippen LogP contribution in [-0.4, -0.2) is 17.5 Å². The summed E-state index contributed by atoms with van der Waals surface area (Å²) in [6.45, 7) is 3.17. The Kier molecular flexibility index (Phi) is 4.28. The average Bonchev–Trinajstić information content (AvgIpc) is 2.81. The molecule has 0 saturated carbocycles. The molecule has 2 nitrogen and oxygen atoms in total. The summed E-state index contributed by atoms with van der Waals surface area (Å²) in [5.74, 6) is 1.11. The number of unbranched alkanes of at least 4 members (excludes halogenated alkanes) is 1. The van der Waals surface area contributed by atoms with E-state index in [4.69, 9.17) is 0 Å². The van der Waals surface area contributed by atoms with E-state index in [2.05, 4.69) is 41.5 Å². The zero-order chi connectivity index (χ0) is 11.2. The maximum Gasteiger partial charge on any atom is 0.161 e. The molecule has 1 aromatic carbocycles. The van der Waals surface area contributed by atoms with Crippen molar-refractivity contribution in [3.63, 3.8) is 0 Å². The molecule has 0 bridgehead atoms. The van der Waals surface area contributed by atoms with Crippen LogP contribution in [0.3, 0.4) is 0 Å². The molecule has 2 rings (SSSR count). The van der Waals surface area contributed by atoms with E-state index in [1.54, 1.807) is 11.8 Å². The van der Waals surface area contributed by atoms with Crippen LogP contribution < -0.4 is 5.32 Å². The van der Waals surface area contributed by atoms with Gasteiger partial charge in [0.25, 0.3) is 0 Å². The van der Waals surface area contributed by atoms with Crippen LogP contribution >= 0.6 is 11.8 Å². The van der Waals surface area contributed by atoms with Gasteiger partial charge in [-0.1, -0.05) is 37.2 Å². The van der Waals surface area contributed by atoms with Crippen LogP contribution in [-0.2, 0) is 6.42 Å². The van der Waals surface area contributed by atoms with Crippen LogP contribution in [0.4, 0.5) is 5.69 Å². The summed E-state index contributed by atoms with van der Waals surface area (Å²) in [5.41, 5.74) is 2.57. The summed E-state index contributed by atoms with van der Waals surface area (Å²) in [6, 6.07) is 8.70. The number of anilines is 1. The Morgan fingerprint density at radius 3 is 2.75 bits per heavy atom. The molecule has 1 aromatic rings. The maximum absolute atomic E-state index is 4.37. The number of amidine groups is 1. The summed E-state index contributed by atoms with van der Waals surface area (Å²) < 4.78 is 0. The Bertz CT molecular complexity index is 357. The zero-order valence-electron chi connectivity index (χ0n) is 9.70. The summed E-state index contributed by atoms with van der Waals surface area (Å²) >= 11 is 1.79. The molecule has 1 N–H and O–H groups in total. The molecule has 0 amide bonds. The van der Waals surface area contributed by atoms with Crippen molar-refractivity contribution in [2.75, 3.05) is 17.6 Å². The Morgan fingerprint density at radius 2 is 2.12 bits per heavy atom. The Labute approximate surface area is 102 Å². The number of nitrogens with zero attached hydrogens (tertiary/aromatic N) is 1. The summed E-state index contributed by atoms with van der Waals surface area (Å²) in [4.78, 5) is 4.37. The molecule has 0 fully saturated rings. The first kappa shape index (κ1) is 11.5. The highest BCUT2D eigenvalue weighted by molar-refractivity contribution is 8.14. The van der Waals surface area contributed by atoms with Crippen molar-refractivity contribution in [1.29, 1.82) is 0 Å². The monoisotopic (exact) mass is 234 g/mol. The van der Waals surface area contributed by atoms with Crippen LogP contribution in [0.25, 0.3) is 0 Å². The molecule has 0 aromatic heterocycles. The van der Waals surface area contributed by atoms with E-state index in [1.165, 1.54) is 24.8 Å². The van der Waals surface area contributed by atoms with Gasteiger partial charge in [-0.2, -0.15) is 0 Å². The standard InChI is InChI=1S/C13H18N2S/c1-2-3-4-11-5-7-12(8-6-11)15-13-14-9-10-16-13/h5-8H,2-4,9-10H2,1H3,(H,14,15). The molecular formula is C13H18N2S. The number of benzene rings is 1. The van der Waals surface area contributed by atoms with E-state index in [0.717, 1.165) is 23.2 Å². The van der Waals surface area contributed by atoms with Crippen molar-refractivity contribution in [1.82, 2.24) is 0 Å². The number of hydrogen-bond donors (Lipinski definition) is 1. The second-order valence-corrected chi connectivity index (χ2v) is 5.04. The molecule has 3 heteroatoms. The number of rotatable bonds is 4. The van der Waals surface area contributed by atoms with Crippen molar-refractivity contribution >= 4 is 22.6 Å². The van der Waals surface area contributed by atoms with Crippen molar-refractivity contribution < 1.29 is 0 Å². The fourth-order valence-electron chi connectivity index (χ4n) is 1.67. The molecule has 1 aliphatic rings. The molecule has 0 saturated heterocycles. The number of thioether (sulfide) groups is 1. The molecule has 86 valence electrons. The molecule has 1 aliphatic heterocycles.